The van der Waals surface area contributed by atoms with Gasteiger partial charge in [-0.1, -0.05) is 28.9 Å². The van der Waals surface area contributed by atoms with E-state index in [1.54, 1.807) is 6.92 Å². The summed E-state index contributed by atoms with van der Waals surface area (Å²) in [5.41, 5.74) is 2.28. The molecule has 1 heterocycles. The summed E-state index contributed by atoms with van der Waals surface area (Å²) in [6.45, 7) is 6.91. The lowest BCUT2D eigenvalue weighted by atomic mass is 10.2. The average Bonchev–Trinajstić information content (AvgIpc) is 2.97. The van der Waals surface area contributed by atoms with Gasteiger partial charge in [0.1, 0.15) is 6.26 Å². The van der Waals surface area contributed by atoms with Gasteiger partial charge in [0.15, 0.2) is 5.69 Å². The number of ether oxygens (including phenoxy) is 1. The van der Waals surface area contributed by atoms with E-state index in [0.717, 1.165) is 28.7 Å². The Labute approximate surface area is 138 Å². The molecule has 0 aliphatic carbocycles. The summed E-state index contributed by atoms with van der Waals surface area (Å²) in [5, 5.41) is 0. The van der Waals surface area contributed by atoms with Gasteiger partial charge in [0, 0.05) is 16.7 Å². The maximum Gasteiger partial charge on any atom is 0.360 e. The number of aryl methyl sites for hydroxylation is 1. The number of hydrogen-bond donors (Lipinski definition) is 0. The lowest BCUT2D eigenvalue weighted by molar-refractivity contribution is 0.0519. The monoisotopic (exact) mass is 366 g/mol. The normalized spacial score (nSPS) is 10.5. The van der Waals surface area contributed by atoms with E-state index in [-0.39, 0.29) is 5.69 Å². The summed E-state index contributed by atoms with van der Waals surface area (Å²) in [4.78, 5) is 18.0. The van der Waals surface area contributed by atoms with E-state index in [1.807, 2.05) is 30.0 Å². The Bertz CT molecular complexity index is 655. The number of carbonyl (C=O) groups excluding carboxylic acids is 1. The summed E-state index contributed by atoms with van der Waals surface area (Å²) in [5.74, 6) is -0.472. The topological polar surface area (TPSA) is 55.6 Å². The van der Waals surface area contributed by atoms with Crippen LogP contribution in [0.25, 0.3) is 0 Å². The molecule has 0 spiro atoms. The highest BCUT2D eigenvalue weighted by Crippen LogP contribution is 2.30. The van der Waals surface area contributed by atoms with Gasteiger partial charge < -0.3 is 9.15 Å². The predicted octanol–water partition coefficient (Wildman–Crippen LogP) is 4.47. The lowest BCUT2D eigenvalue weighted by Crippen LogP contribution is -2.19. The summed E-state index contributed by atoms with van der Waals surface area (Å²) in [6.07, 6.45) is 2.26. The van der Waals surface area contributed by atoms with E-state index in [9.17, 15) is 4.79 Å². The fraction of sp³-hybridized carbons (Fsp3) is 0.375. The molecule has 0 saturated heterocycles. The number of benzene rings is 1. The Morgan fingerprint density at radius 2 is 2.18 bits per heavy atom. The zero-order chi connectivity index (χ0) is 16.1. The fourth-order valence-corrected chi connectivity index (χ4v) is 2.45. The number of nitrogens with zero attached hydrogens (tertiary/aromatic N) is 2. The highest BCUT2D eigenvalue weighted by molar-refractivity contribution is 9.10. The molecule has 0 fully saturated rings. The summed E-state index contributed by atoms with van der Waals surface area (Å²) >= 11 is 3.49. The molecule has 22 heavy (non-hydrogen) atoms. The maximum absolute atomic E-state index is 11.7. The average molecular weight is 367 g/mol. The molecule has 0 bridgehead atoms. The largest absolute Gasteiger partial charge is 0.461 e. The van der Waals surface area contributed by atoms with Crippen LogP contribution in [0.1, 0.15) is 36.3 Å². The van der Waals surface area contributed by atoms with Gasteiger partial charge in [0.2, 0.25) is 0 Å². The SMILES string of the molecule is CCCN(c1nc(C(=O)OCC)co1)c1cc(Br)ccc1C. The van der Waals surface area contributed by atoms with Crippen molar-refractivity contribution in [1.29, 1.82) is 0 Å². The zero-order valence-electron chi connectivity index (χ0n) is 12.9. The van der Waals surface area contributed by atoms with Crippen LogP contribution in [0.4, 0.5) is 11.7 Å². The fourth-order valence-electron chi connectivity index (χ4n) is 2.10. The van der Waals surface area contributed by atoms with Crippen molar-refractivity contribution in [3.05, 3.63) is 40.2 Å². The Morgan fingerprint density at radius 1 is 1.41 bits per heavy atom. The van der Waals surface area contributed by atoms with Gasteiger partial charge in [-0.2, -0.15) is 4.98 Å². The van der Waals surface area contributed by atoms with Crippen molar-refractivity contribution in [1.82, 2.24) is 4.98 Å². The minimum absolute atomic E-state index is 0.186. The highest BCUT2D eigenvalue weighted by atomic mass is 79.9. The first-order valence-electron chi connectivity index (χ1n) is 7.23. The number of aromatic nitrogens is 1. The van der Waals surface area contributed by atoms with E-state index in [0.29, 0.717) is 12.6 Å². The number of hydrogen-bond acceptors (Lipinski definition) is 5. The van der Waals surface area contributed by atoms with Crippen LogP contribution < -0.4 is 4.90 Å². The molecule has 1 aromatic carbocycles. The van der Waals surface area contributed by atoms with Crippen LogP contribution in [-0.4, -0.2) is 24.1 Å². The Balaban J connectivity index is 2.36. The highest BCUT2D eigenvalue weighted by Gasteiger charge is 2.20. The lowest BCUT2D eigenvalue weighted by Gasteiger charge is -2.22. The first-order chi connectivity index (χ1) is 10.6. The molecular formula is C16H19BrN2O3. The van der Waals surface area contributed by atoms with Gasteiger partial charge in [0.25, 0.3) is 0 Å². The molecule has 0 atom stereocenters. The van der Waals surface area contributed by atoms with Crippen LogP contribution in [-0.2, 0) is 4.74 Å². The van der Waals surface area contributed by atoms with Gasteiger partial charge in [-0.15, -0.1) is 0 Å². The van der Waals surface area contributed by atoms with Crippen molar-refractivity contribution in [2.45, 2.75) is 27.2 Å². The molecule has 0 amide bonds. The van der Waals surface area contributed by atoms with Gasteiger partial charge in [-0.3, -0.25) is 4.90 Å². The Morgan fingerprint density at radius 3 is 2.86 bits per heavy atom. The number of rotatable bonds is 6. The van der Waals surface area contributed by atoms with Crippen molar-refractivity contribution in [2.75, 3.05) is 18.1 Å². The van der Waals surface area contributed by atoms with Crippen LogP contribution in [0.2, 0.25) is 0 Å². The minimum Gasteiger partial charge on any atom is -0.461 e. The van der Waals surface area contributed by atoms with E-state index >= 15 is 0 Å². The molecule has 5 nitrogen and oxygen atoms in total. The maximum atomic E-state index is 11.7. The number of carbonyl (C=O) groups is 1. The molecule has 0 saturated carbocycles. The van der Waals surface area contributed by atoms with Crippen LogP contribution in [0.15, 0.2) is 33.4 Å². The number of anilines is 2. The van der Waals surface area contributed by atoms with Crippen molar-refractivity contribution in [3.8, 4) is 0 Å². The first kappa shape index (κ1) is 16.5. The molecule has 0 aliphatic rings. The third-order valence-electron chi connectivity index (χ3n) is 3.12. The standard InChI is InChI=1S/C16H19BrN2O3/c1-4-8-19(14-9-12(17)7-6-11(14)3)16-18-13(10-22-16)15(20)21-5-2/h6-7,9-10H,4-5,8H2,1-3H3. The van der Waals surface area contributed by atoms with Crippen LogP contribution in [0.5, 0.6) is 0 Å². The van der Waals surface area contributed by atoms with Crippen molar-refractivity contribution >= 4 is 33.6 Å². The Hall–Kier alpha value is -1.82. The number of esters is 1. The second-order valence-corrected chi connectivity index (χ2v) is 5.73. The molecule has 0 N–H and O–H groups in total. The minimum atomic E-state index is -0.472. The van der Waals surface area contributed by atoms with Gasteiger partial charge in [-0.05, 0) is 38.0 Å². The van der Waals surface area contributed by atoms with Crippen LogP contribution in [0, 0.1) is 6.92 Å². The quantitative estimate of drug-likeness (QED) is 0.705. The number of halogens is 1. The van der Waals surface area contributed by atoms with E-state index in [4.69, 9.17) is 9.15 Å². The van der Waals surface area contributed by atoms with E-state index < -0.39 is 5.97 Å². The van der Waals surface area contributed by atoms with Crippen molar-refractivity contribution in [3.63, 3.8) is 0 Å². The second-order valence-electron chi connectivity index (χ2n) is 4.82. The van der Waals surface area contributed by atoms with E-state index in [1.165, 1.54) is 6.26 Å². The third-order valence-corrected chi connectivity index (χ3v) is 3.61. The molecular weight excluding hydrogens is 348 g/mol. The summed E-state index contributed by atoms with van der Waals surface area (Å²) in [7, 11) is 0. The second kappa shape index (κ2) is 7.45. The zero-order valence-corrected chi connectivity index (χ0v) is 14.5. The molecule has 2 aromatic rings. The van der Waals surface area contributed by atoms with Crippen molar-refractivity contribution < 1.29 is 13.9 Å². The summed E-state index contributed by atoms with van der Waals surface area (Å²) in [6, 6.07) is 6.42. The number of oxazole rings is 1. The molecule has 2 rings (SSSR count). The van der Waals surface area contributed by atoms with Crippen molar-refractivity contribution in [2.24, 2.45) is 0 Å². The molecule has 0 radical (unpaired) electrons. The molecule has 118 valence electrons. The van der Waals surface area contributed by atoms with Crippen LogP contribution >= 0.6 is 15.9 Å². The van der Waals surface area contributed by atoms with Gasteiger partial charge in [0.05, 0.1) is 6.61 Å². The van der Waals surface area contributed by atoms with Crippen LogP contribution in [0.3, 0.4) is 0 Å². The van der Waals surface area contributed by atoms with Gasteiger partial charge >= 0.3 is 12.0 Å². The predicted molar refractivity (Wildman–Crippen MR) is 88.6 cm³/mol. The molecule has 0 unspecified atom stereocenters. The molecule has 0 aliphatic heterocycles. The summed E-state index contributed by atoms with van der Waals surface area (Å²) < 4.78 is 11.4. The Kier molecular flexibility index (Phi) is 5.60. The first-order valence-corrected chi connectivity index (χ1v) is 8.02. The third kappa shape index (κ3) is 3.68. The molecule has 6 heteroatoms. The van der Waals surface area contributed by atoms with Gasteiger partial charge in [-0.25, -0.2) is 4.79 Å². The smallest absolute Gasteiger partial charge is 0.360 e. The molecule has 1 aromatic heterocycles. The van der Waals surface area contributed by atoms with E-state index in [2.05, 4.69) is 27.8 Å².